The standard InChI is InChI=1S/C22H27N5O3S2/c1-15-23-20(14-25(15)2)32(29,30)26-12-9-16(10-13-26)22(28)27-11-5-7-18(27)21-24-17-6-3-4-8-19(17)31-21/h3-4,6,8,14,16,18H,5,7,9-13H2,1-2H3. The summed E-state index contributed by atoms with van der Waals surface area (Å²) in [5, 5.41) is 1.08. The second-order valence-corrected chi connectivity index (χ2v) is 11.6. The fraction of sp³-hybridized carbons (Fsp3) is 0.500. The maximum atomic E-state index is 13.4. The molecule has 2 fully saturated rings. The van der Waals surface area contributed by atoms with Crippen molar-refractivity contribution in [2.75, 3.05) is 19.6 Å². The van der Waals surface area contributed by atoms with Crippen LogP contribution in [-0.4, -0.2) is 57.7 Å². The van der Waals surface area contributed by atoms with Crippen LogP contribution in [0.4, 0.5) is 0 Å². The van der Waals surface area contributed by atoms with Gasteiger partial charge in [-0.15, -0.1) is 11.3 Å². The number of likely N-dealkylation sites (tertiary alicyclic amines) is 1. The highest BCUT2D eigenvalue weighted by molar-refractivity contribution is 7.89. The molecule has 0 radical (unpaired) electrons. The maximum Gasteiger partial charge on any atom is 0.262 e. The lowest BCUT2D eigenvalue weighted by Crippen LogP contribution is -2.44. The van der Waals surface area contributed by atoms with Crippen LogP contribution in [0.3, 0.4) is 0 Å². The number of hydrogen-bond donors (Lipinski definition) is 0. The molecule has 2 aliphatic heterocycles. The molecule has 0 N–H and O–H groups in total. The van der Waals surface area contributed by atoms with E-state index in [9.17, 15) is 13.2 Å². The smallest absolute Gasteiger partial charge is 0.262 e. The van der Waals surface area contributed by atoms with Gasteiger partial charge in [-0.25, -0.2) is 18.4 Å². The first-order chi connectivity index (χ1) is 15.3. The lowest BCUT2D eigenvalue weighted by Gasteiger charge is -2.33. The molecule has 10 heteroatoms. The SMILES string of the molecule is Cc1nc(S(=O)(=O)N2CCC(C(=O)N3CCCC3c3nc4ccccc4s3)CC2)cn1C. The topological polar surface area (TPSA) is 88.4 Å². The van der Waals surface area contributed by atoms with Gasteiger partial charge in [-0.3, -0.25) is 4.79 Å². The van der Waals surface area contributed by atoms with Crippen LogP contribution in [0.1, 0.15) is 42.6 Å². The Kier molecular flexibility index (Phi) is 5.55. The van der Waals surface area contributed by atoms with Crippen LogP contribution in [0, 0.1) is 12.8 Å². The van der Waals surface area contributed by atoms with Gasteiger partial charge < -0.3 is 9.47 Å². The van der Waals surface area contributed by atoms with Crippen molar-refractivity contribution in [2.24, 2.45) is 13.0 Å². The van der Waals surface area contributed by atoms with Gasteiger partial charge in [0.25, 0.3) is 10.0 Å². The van der Waals surface area contributed by atoms with Crippen LogP contribution in [0.5, 0.6) is 0 Å². The second kappa shape index (κ2) is 8.24. The summed E-state index contributed by atoms with van der Waals surface area (Å²) in [6.45, 7) is 3.20. The molecule has 5 rings (SSSR count). The van der Waals surface area contributed by atoms with Gasteiger partial charge in [0, 0.05) is 38.8 Å². The molecular formula is C22H27N5O3S2. The third kappa shape index (κ3) is 3.74. The van der Waals surface area contributed by atoms with E-state index in [4.69, 9.17) is 4.98 Å². The minimum atomic E-state index is -3.63. The van der Waals surface area contributed by atoms with Gasteiger partial charge in [0.1, 0.15) is 10.8 Å². The van der Waals surface area contributed by atoms with Crippen LogP contribution in [0.2, 0.25) is 0 Å². The predicted octanol–water partition coefficient (Wildman–Crippen LogP) is 3.10. The van der Waals surface area contributed by atoms with Gasteiger partial charge in [-0.1, -0.05) is 12.1 Å². The monoisotopic (exact) mass is 473 g/mol. The van der Waals surface area contributed by atoms with E-state index in [2.05, 4.69) is 11.1 Å². The Hall–Kier alpha value is -2.30. The van der Waals surface area contributed by atoms with Crippen molar-refractivity contribution in [3.63, 3.8) is 0 Å². The minimum Gasteiger partial charge on any atom is -0.337 e. The number of para-hydroxylation sites is 1. The normalized spacial score (nSPS) is 20.9. The molecule has 1 atom stereocenters. The lowest BCUT2D eigenvalue weighted by molar-refractivity contribution is -0.137. The maximum absolute atomic E-state index is 13.4. The molecule has 2 aromatic heterocycles. The molecule has 32 heavy (non-hydrogen) atoms. The number of thiazole rings is 1. The summed E-state index contributed by atoms with van der Waals surface area (Å²) in [4.78, 5) is 24.3. The number of piperidine rings is 1. The zero-order chi connectivity index (χ0) is 22.5. The highest BCUT2D eigenvalue weighted by atomic mass is 32.2. The van der Waals surface area contributed by atoms with E-state index in [1.165, 1.54) is 4.31 Å². The summed E-state index contributed by atoms with van der Waals surface area (Å²) >= 11 is 1.67. The third-order valence-electron chi connectivity index (χ3n) is 6.63. The molecule has 4 heterocycles. The fourth-order valence-electron chi connectivity index (χ4n) is 4.68. The molecule has 1 aromatic carbocycles. The number of sulfonamides is 1. The number of fused-ring (bicyclic) bond motifs is 1. The number of rotatable bonds is 4. The number of carbonyl (C=O) groups excluding carboxylic acids is 1. The lowest BCUT2D eigenvalue weighted by atomic mass is 9.96. The van der Waals surface area contributed by atoms with Gasteiger partial charge in [-0.05, 0) is 44.7 Å². The quantitative estimate of drug-likeness (QED) is 0.581. The Morgan fingerprint density at radius 1 is 1.09 bits per heavy atom. The number of aromatic nitrogens is 3. The molecule has 0 aliphatic carbocycles. The van der Waals surface area contributed by atoms with Crippen molar-refractivity contribution in [2.45, 2.75) is 43.7 Å². The Balaban J connectivity index is 1.27. The van der Waals surface area contributed by atoms with Crippen LogP contribution in [-0.2, 0) is 21.9 Å². The highest BCUT2D eigenvalue weighted by Crippen LogP contribution is 2.38. The molecule has 1 amide bonds. The molecule has 3 aromatic rings. The van der Waals surface area contributed by atoms with Gasteiger partial charge in [0.2, 0.25) is 5.91 Å². The molecule has 0 spiro atoms. The van der Waals surface area contributed by atoms with Crippen molar-refractivity contribution < 1.29 is 13.2 Å². The number of aryl methyl sites for hydroxylation is 2. The summed E-state index contributed by atoms with van der Waals surface area (Å²) in [7, 11) is -1.85. The number of imidazole rings is 1. The first kappa shape index (κ1) is 21.5. The molecule has 2 aliphatic rings. The highest BCUT2D eigenvalue weighted by Gasteiger charge is 2.39. The van der Waals surface area contributed by atoms with E-state index < -0.39 is 10.0 Å². The van der Waals surface area contributed by atoms with E-state index in [0.29, 0.717) is 31.8 Å². The van der Waals surface area contributed by atoms with E-state index >= 15 is 0 Å². The molecule has 8 nitrogen and oxygen atoms in total. The molecule has 2 saturated heterocycles. The molecular weight excluding hydrogens is 446 g/mol. The predicted molar refractivity (Wildman–Crippen MR) is 123 cm³/mol. The number of benzene rings is 1. The Labute approximate surface area is 191 Å². The van der Waals surface area contributed by atoms with Gasteiger partial charge in [0.15, 0.2) is 5.03 Å². The fourth-order valence-corrected chi connectivity index (χ4v) is 7.29. The van der Waals surface area contributed by atoms with Crippen molar-refractivity contribution in [1.29, 1.82) is 0 Å². The van der Waals surface area contributed by atoms with Crippen LogP contribution in [0.15, 0.2) is 35.5 Å². The summed E-state index contributed by atoms with van der Waals surface area (Å²) in [5.41, 5.74) is 0.982. The summed E-state index contributed by atoms with van der Waals surface area (Å²) in [5.74, 6) is 0.642. The number of amides is 1. The van der Waals surface area contributed by atoms with Gasteiger partial charge >= 0.3 is 0 Å². The second-order valence-electron chi connectivity index (χ2n) is 8.63. The van der Waals surface area contributed by atoms with Crippen molar-refractivity contribution in [1.82, 2.24) is 23.7 Å². The number of carbonyl (C=O) groups is 1. The van der Waals surface area contributed by atoms with E-state index in [0.717, 1.165) is 34.6 Å². The summed E-state index contributed by atoms with van der Waals surface area (Å²) in [6.07, 6.45) is 4.52. The van der Waals surface area contributed by atoms with Crippen LogP contribution < -0.4 is 0 Å². The Bertz CT molecular complexity index is 1210. The van der Waals surface area contributed by atoms with Crippen LogP contribution in [0.25, 0.3) is 10.2 Å². The molecule has 170 valence electrons. The average Bonchev–Trinajstić information content (AvgIpc) is 3.51. The largest absolute Gasteiger partial charge is 0.337 e. The summed E-state index contributed by atoms with van der Waals surface area (Å²) in [6, 6.07) is 8.10. The van der Waals surface area contributed by atoms with Gasteiger partial charge in [0.05, 0.1) is 16.3 Å². The van der Waals surface area contributed by atoms with Crippen molar-refractivity contribution in [3.8, 4) is 0 Å². The molecule has 1 unspecified atom stereocenters. The third-order valence-corrected chi connectivity index (χ3v) is 9.53. The molecule has 0 bridgehead atoms. The van der Waals surface area contributed by atoms with E-state index in [1.807, 2.05) is 23.1 Å². The van der Waals surface area contributed by atoms with E-state index in [1.54, 1.807) is 36.1 Å². The first-order valence-corrected chi connectivity index (χ1v) is 13.3. The zero-order valence-corrected chi connectivity index (χ0v) is 19.9. The molecule has 0 saturated carbocycles. The Morgan fingerprint density at radius 3 is 2.53 bits per heavy atom. The van der Waals surface area contributed by atoms with Crippen LogP contribution >= 0.6 is 11.3 Å². The van der Waals surface area contributed by atoms with Crippen molar-refractivity contribution >= 4 is 37.5 Å². The van der Waals surface area contributed by atoms with Crippen molar-refractivity contribution in [3.05, 3.63) is 41.3 Å². The zero-order valence-electron chi connectivity index (χ0n) is 18.3. The van der Waals surface area contributed by atoms with E-state index in [-0.39, 0.29) is 22.9 Å². The first-order valence-electron chi connectivity index (χ1n) is 11.0. The minimum absolute atomic E-state index is 0.0261. The number of nitrogens with zero attached hydrogens (tertiary/aromatic N) is 5. The van der Waals surface area contributed by atoms with Gasteiger partial charge in [-0.2, -0.15) is 4.31 Å². The average molecular weight is 474 g/mol. The summed E-state index contributed by atoms with van der Waals surface area (Å²) < 4.78 is 30.2. The number of hydrogen-bond acceptors (Lipinski definition) is 6. The Morgan fingerprint density at radius 2 is 1.84 bits per heavy atom.